The second-order valence-corrected chi connectivity index (χ2v) is 2.53. The molecule has 0 aliphatic rings. The zero-order chi connectivity index (χ0) is 6.41. The molecule has 0 aromatic rings. The fourth-order valence-electron chi connectivity index (χ4n) is 0.425. The van der Waals surface area contributed by atoms with E-state index in [1.54, 1.807) is 11.8 Å². The van der Waals surface area contributed by atoms with Crippen LogP contribution >= 0.6 is 11.8 Å². The van der Waals surface area contributed by atoms with Crippen LogP contribution in [0, 0.1) is 0 Å². The molecule has 0 fully saturated rings. The van der Waals surface area contributed by atoms with Gasteiger partial charge in [-0.15, -0.1) is 0 Å². The van der Waals surface area contributed by atoms with Crippen molar-refractivity contribution in [1.29, 1.82) is 0 Å². The molecule has 50 valence electrons. The van der Waals surface area contributed by atoms with Crippen molar-refractivity contribution in [2.75, 3.05) is 18.6 Å². The van der Waals surface area contributed by atoms with E-state index in [9.17, 15) is 0 Å². The second-order valence-electron chi connectivity index (χ2n) is 1.62. The summed E-state index contributed by atoms with van der Waals surface area (Å²) in [7, 11) is 0. The molecule has 0 aromatic heterocycles. The maximum absolute atomic E-state index is 8.87. The molecule has 0 rings (SSSR count). The largest absolute Gasteiger partial charge is 0.396 e. The quantitative estimate of drug-likeness (QED) is 0.575. The summed E-state index contributed by atoms with van der Waals surface area (Å²) in [6, 6.07) is 0. The summed E-state index contributed by atoms with van der Waals surface area (Å²) in [6.07, 6.45) is 2.11. The summed E-state index contributed by atoms with van der Waals surface area (Å²) >= 11 is 1.59. The molecule has 0 saturated carbocycles. The van der Waals surface area contributed by atoms with Crippen molar-refractivity contribution in [1.82, 2.24) is 0 Å². The first-order valence-electron chi connectivity index (χ1n) is 2.59. The summed E-state index contributed by atoms with van der Waals surface area (Å²) in [4.78, 5) is 0. The molecule has 0 aliphatic carbocycles. The lowest BCUT2D eigenvalue weighted by Crippen LogP contribution is -2.10. The van der Waals surface area contributed by atoms with E-state index in [0.717, 1.165) is 5.75 Å². The molecular weight excluding hydrogens is 124 g/mol. The highest BCUT2D eigenvalue weighted by Gasteiger charge is 1.98. The number of hydrogen-bond donors (Lipinski definition) is 2. The summed E-state index contributed by atoms with van der Waals surface area (Å²) in [6.45, 7) is 0.0850. The van der Waals surface area contributed by atoms with Gasteiger partial charge in [-0.2, -0.15) is 11.8 Å². The zero-order valence-electron chi connectivity index (χ0n) is 5.00. The van der Waals surface area contributed by atoms with Gasteiger partial charge in [0.05, 0.1) is 6.10 Å². The van der Waals surface area contributed by atoms with Gasteiger partial charge in [0.1, 0.15) is 0 Å². The van der Waals surface area contributed by atoms with Crippen molar-refractivity contribution in [3.63, 3.8) is 0 Å². The Balaban J connectivity index is 2.92. The van der Waals surface area contributed by atoms with Gasteiger partial charge in [0.15, 0.2) is 0 Å². The number of rotatable bonds is 4. The third-order valence-electron chi connectivity index (χ3n) is 0.821. The van der Waals surface area contributed by atoms with Crippen LogP contribution < -0.4 is 0 Å². The number of hydrogen-bond acceptors (Lipinski definition) is 3. The van der Waals surface area contributed by atoms with Crippen molar-refractivity contribution in [2.45, 2.75) is 12.5 Å². The molecule has 0 spiro atoms. The van der Waals surface area contributed by atoms with Gasteiger partial charge < -0.3 is 10.2 Å². The summed E-state index contributed by atoms with van der Waals surface area (Å²) in [5.74, 6) is 0.723. The molecule has 0 aromatic carbocycles. The van der Waals surface area contributed by atoms with E-state index in [1.807, 2.05) is 6.26 Å². The molecule has 0 heterocycles. The predicted octanol–water partition coefficient (Wildman–Crippen LogP) is 0.0927. The van der Waals surface area contributed by atoms with E-state index in [-0.39, 0.29) is 12.7 Å². The van der Waals surface area contributed by atoms with E-state index in [4.69, 9.17) is 10.2 Å². The Morgan fingerprint density at radius 3 is 2.62 bits per heavy atom. The van der Waals surface area contributed by atoms with Crippen molar-refractivity contribution in [3.05, 3.63) is 0 Å². The lowest BCUT2D eigenvalue weighted by Gasteiger charge is -2.03. The first-order valence-corrected chi connectivity index (χ1v) is 3.98. The summed E-state index contributed by atoms with van der Waals surface area (Å²) in [5.41, 5.74) is 0. The van der Waals surface area contributed by atoms with E-state index < -0.39 is 0 Å². The van der Waals surface area contributed by atoms with Crippen LogP contribution in [0.1, 0.15) is 6.42 Å². The molecule has 0 aliphatic heterocycles. The molecule has 0 bridgehead atoms. The van der Waals surface area contributed by atoms with Gasteiger partial charge in [0.2, 0.25) is 0 Å². The second kappa shape index (κ2) is 5.41. The molecule has 0 radical (unpaired) electrons. The third-order valence-corrected chi connectivity index (χ3v) is 1.54. The number of aliphatic hydroxyl groups is 2. The van der Waals surface area contributed by atoms with Crippen molar-refractivity contribution < 1.29 is 10.2 Å². The Morgan fingerprint density at radius 2 is 2.25 bits per heavy atom. The Morgan fingerprint density at radius 1 is 1.62 bits per heavy atom. The molecule has 3 heteroatoms. The minimum Gasteiger partial charge on any atom is -0.396 e. The first-order chi connectivity index (χ1) is 3.81. The Kier molecular flexibility index (Phi) is 5.59. The SMILES string of the molecule is CSCC(O)CCO. The van der Waals surface area contributed by atoms with Gasteiger partial charge in [-0.1, -0.05) is 0 Å². The molecular formula is C5H12O2S. The number of aliphatic hydroxyl groups excluding tert-OH is 2. The minimum absolute atomic E-state index is 0.0850. The Hall–Kier alpha value is 0.270. The molecule has 0 amide bonds. The fraction of sp³-hybridized carbons (Fsp3) is 1.00. The van der Waals surface area contributed by atoms with Crippen LogP contribution in [0.25, 0.3) is 0 Å². The van der Waals surface area contributed by atoms with E-state index in [0.29, 0.717) is 6.42 Å². The van der Waals surface area contributed by atoms with E-state index in [2.05, 4.69) is 0 Å². The summed E-state index contributed by atoms with van der Waals surface area (Å²) < 4.78 is 0. The van der Waals surface area contributed by atoms with Crippen molar-refractivity contribution in [3.8, 4) is 0 Å². The minimum atomic E-state index is -0.324. The average Bonchev–Trinajstić information content (AvgIpc) is 1.68. The Labute approximate surface area is 53.9 Å². The van der Waals surface area contributed by atoms with Gasteiger partial charge in [0, 0.05) is 12.4 Å². The highest BCUT2D eigenvalue weighted by atomic mass is 32.2. The average molecular weight is 136 g/mol. The van der Waals surface area contributed by atoms with Crippen molar-refractivity contribution >= 4 is 11.8 Å². The predicted molar refractivity (Wildman–Crippen MR) is 36.1 cm³/mol. The van der Waals surface area contributed by atoms with Crippen LogP contribution in [0.4, 0.5) is 0 Å². The highest BCUT2D eigenvalue weighted by Crippen LogP contribution is 1.99. The molecule has 0 saturated heterocycles. The van der Waals surface area contributed by atoms with Gasteiger partial charge in [-0.3, -0.25) is 0 Å². The van der Waals surface area contributed by atoms with E-state index in [1.165, 1.54) is 0 Å². The molecule has 8 heavy (non-hydrogen) atoms. The van der Waals surface area contributed by atoms with Crippen LogP contribution in [0.2, 0.25) is 0 Å². The normalized spacial score (nSPS) is 13.9. The smallest absolute Gasteiger partial charge is 0.0652 e. The molecule has 2 N–H and O–H groups in total. The molecule has 2 nitrogen and oxygen atoms in total. The van der Waals surface area contributed by atoms with Gasteiger partial charge in [-0.05, 0) is 12.7 Å². The van der Waals surface area contributed by atoms with Crippen LogP contribution in [-0.2, 0) is 0 Å². The molecule has 1 atom stereocenters. The van der Waals surface area contributed by atoms with Crippen LogP contribution in [-0.4, -0.2) is 34.9 Å². The van der Waals surface area contributed by atoms with Crippen molar-refractivity contribution in [2.24, 2.45) is 0 Å². The summed E-state index contributed by atoms with van der Waals surface area (Å²) in [5, 5.41) is 17.2. The van der Waals surface area contributed by atoms with Crippen LogP contribution in [0.3, 0.4) is 0 Å². The third kappa shape index (κ3) is 4.43. The van der Waals surface area contributed by atoms with Gasteiger partial charge in [-0.25, -0.2) is 0 Å². The van der Waals surface area contributed by atoms with Gasteiger partial charge >= 0.3 is 0 Å². The standard InChI is InChI=1S/C5H12O2S/c1-8-4-5(7)2-3-6/h5-7H,2-4H2,1H3. The highest BCUT2D eigenvalue weighted by molar-refractivity contribution is 7.98. The lowest BCUT2D eigenvalue weighted by molar-refractivity contribution is 0.152. The maximum atomic E-state index is 8.87. The van der Waals surface area contributed by atoms with Crippen LogP contribution in [0.5, 0.6) is 0 Å². The first kappa shape index (κ1) is 8.27. The monoisotopic (exact) mass is 136 g/mol. The van der Waals surface area contributed by atoms with Gasteiger partial charge in [0.25, 0.3) is 0 Å². The van der Waals surface area contributed by atoms with Crippen LogP contribution in [0.15, 0.2) is 0 Å². The lowest BCUT2D eigenvalue weighted by atomic mass is 10.3. The topological polar surface area (TPSA) is 40.5 Å². The Bertz CT molecular complexity index is 43.7. The number of thioether (sulfide) groups is 1. The maximum Gasteiger partial charge on any atom is 0.0652 e. The zero-order valence-corrected chi connectivity index (χ0v) is 5.82. The molecule has 1 unspecified atom stereocenters. The van der Waals surface area contributed by atoms with E-state index >= 15 is 0 Å². The fourth-order valence-corrected chi connectivity index (χ4v) is 0.976.